The van der Waals surface area contributed by atoms with Crippen molar-refractivity contribution in [3.63, 3.8) is 0 Å². The number of carbonyl (C=O) groups is 2. The number of anilines is 1. The molecule has 0 atom stereocenters. The number of nitrogens with zero attached hydrogens (tertiary/aromatic N) is 3. The summed E-state index contributed by atoms with van der Waals surface area (Å²) in [5.41, 5.74) is 0.793. The zero-order valence-electron chi connectivity index (χ0n) is 14.6. The van der Waals surface area contributed by atoms with Crippen LogP contribution in [0.25, 0.3) is 0 Å². The normalized spacial score (nSPS) is 14.9. The van der Waals surface area contributed by atoms with E-state index < -0.39 is 10.0 Å². The molecule has 2 amide bonds. The van der Waals surface area contributed by atoms with Gasteiger partial charge in [-0.3, -0.25) is 13.9 Å². The third-order valence-corrected chi connectivity index (χ3v) is 4.99. The van der Waals surface area contributed by atoms with Crippen molar-refractivity contribution >= 4 is 27.5 Å². The Hall–Kier alpha value is -2.13. The number of carbonyl (C=O) groups excluding carboxylic acids is 2. The van der Waals surface area contributed by atoms with Gasteiger partial charge in [0.2, 0.25) is 15.9 Å². The molecule has 1 aliphatic rings. The van der Waals surface area contributed by atoms with Crippen molar-refractivity contribution in [2.75, 3.05) is 57.5 Å². The Balaban J connectivity index is 2.20. The first-order chi connectivity index (χ1) is 11.7. The van der Waals surface area contributed by atoms with Crippen LogP contribution in [0.15, 0.2) is 24.3 Å². The molecule has 1 fully saturated rings. The topological polar surface area (TPSA) is 87.2 Å². The lowest BCUT2D eigenvalue weighted by molar-refractivity contribution is -0.133. The van der Waals surface area contributed by atoms with E-state index >= 15 is 0 Å². The highest BCUT2D eigenvalue weighted by molar-refractivity contribution is 7.92. The van der Waals surface area contributed by atoms with Crippen molar-refractivity contribution < 1.29 is 22.7 Å². The number of morpholine rings is 1. The van der Waals surface area contributed by atoms with Gasteiger partial charge in [0.25, 0.3) is 5.91 Å². The Labute approximate surface area is 148 Å². The first kappa shape index (κ1) is 19.2. The van der Waals surface area contributed by atoms with E-state index in [1.165, 1.54) is 17.0 Å². The molecule has 1 aromatic rings. The van der Waals surface area contributed by atoms with Gasteiger partial charge < -0.3 is 14.5 Å². The van der Waals surface area contributed by atoms with E-state index in [0.717, 1.165) is 10.6 Å². The summed E-state index contributed by atoms with van der Waals surface area (Å²) in [5, 5.41) is 0. The second-order valence-corrected chi connectivity index (χ2v) is 7.92. The third-order valence-electron chi connectivity index (χ3n) is 3.85. The van der Waals surface area contributed by atoms with Gasteiger partial charge in [0.15, 0.2) is 0 Å². The molecule has 0 aromatic heterocycles. The summed E-state index contributed by atoms with van der Waals surface area (Å²) < 4.78 is 30.5. The van der Waals surface area contributed by atoms with Crippen LogP contribution < -0.4 is 4.31 Å². The van der Waals surface area contributed by atoms with Crippen LogP contribution in [0.2, 0.25) is 0 Å². The second-order valence-electron chi connectivity index (χ2n) is 6.01. The smallest absolute Gasteiger partial charge is 0.253 e. The van der Waals surface area contributed by atoms with Gasteiger partial charge in [0.05, 0.1) is 25.2 Å². The monoisotopic (exact) mass is 369 g/mol. The highest BCUT2D eigenvalue weighted by Crippen LogP contribution is 2.19. The lowest BCUT2D eigenvalue weighted by Crippen LogP contribution is -2.47. The van der Waals surface area contributed by atoms with Crippen molar-refractivity contribution in [1.82, 2.24) is 9.80 Å². The SMILES string of the molecule is CN(C)C(=O)c1ccc(N(CC(=O)N2CCOCC2)S(C)(=O)=O)cc1. The van der Waals surface area contributed by atoms with E-state index in [1.807, 2.05) is 0 Å². The van der Waals surface area contributed by atoms with Crippen LogP contribution in [0.3, 0.4) is 0 Å². The van der Waals surface area contributed by atoms with Crippen molar-refractivity contribution in [2.24, 2.45) is 0 Å². The minimum atomic E-state index is -3.64. The number of sulfonamides is 1. The van der Waals surface area contributed by atoms with Crippen LogP contribution in [0.1, 0.15) is 10.4 Å². The van der Waals surface area contributed by atoms with Gasteiger partial charge in [-0.05, 0) is 24.3 Å². The standard InChI is InChI=1S/C16H23N3O5S/c1-17(2)16(21)13-4-6-14(7-5-13)19(25(3,22)23)12-15(20)18-8-10-24-11-9-18/h4-7H,8-12H2,1-3H3. The molecular formula is C16H23N3O5S. The Bertz CT molecular complexity index is 725. The van der Waals surface area contributed by atoms with Gasteiger partial charge in [-0.2, -0.15) is 0 Å². The second kappa shape index (κ2) is 7.83. The van der Waals surface area contributed by atoms with Crippen molar-refractivity contribution in [2.45, 2.75) is 0 Å². The summed E-state index contributed by atoms with van der Waals surface area (Å²) >= 11 is 0. The first-order valence-electron chi connectivity index (χ1n) is 7.85. The van der Waals surface area contributed by atoms with E-state index in [0.29, 0.717) is 37.6 Å². The molecule has 1 aromatic carbocycles. The Kier molecular flexibility index (Phi) is 6.02. The zero-order chi connectivity index (χ0) is 18.6. The fourth-order valence-corrected chi connectivity index (χ4v) is 3.31. The molecule has 0 unspecified atom stereocenters. The molecule has 9 heteroatoms. The van der Waals surface area contributed by atoms with E-state index in [2.05, 4.69) is 0 Å². The summed E-state index contributed by atoms with van der Waals surface area (Å²) in [4.78, 5) is 27.3. The summed E-state index contributed by atoms with van der Waals surface area (Å²) in [7, 11) is -0.364. The predicted molar refractivity (Wildman–Crippen MR) is 94.0 cm³/mol. The van der Waals surface area contributed by atoms with Gasteiger partial charge in [-0.25, -0.2) is 8.42 Å². The average Bonchev–Trinajstić information content (AvgIpc) is 2.58. The summed E-state index contributed by atoms with van der Waals surface area (Å²) in [6.45, 7) is 1.52. The summed E-state index contributed by atoms with van der Waals surface area (Å²) in [6, 6.07) is 6.17. The Morgan fingerprint density at radius 1 is 1.12 bits per heavy atom. The van der Waals surface area contributed by atoms with E-state index in [9.17, 15) is 18.0 Å². The molecule has 1 heterocycles. The number of ether oxygens (including phenoxy) is 1. The maximum atomic E-state index is 12.4. The summed E-state index contributed by atoms with van der Waals surface area (Å²) in [5.74, 6) is -0.455. The van der Waals surface area contributed by atoms with Crippen LogP contribution >= 0.6 is 0 Å². The van der Waals surface area contributed by atoms with Gasteiger partial charge in [-0.1, -0.05) is 0 Å². The van der Waals surface area contributed by atoms with Crippen LogP contribution in [-0.4, -0.2) is 83.2 Å². The highest BCUT2D eigenvalue weighted by atomic mass is 32.2. The molecule has 0 saturated carbocycles. The molecule has 1 aliphatic heterocycles. The Morgan fingerprint density at radius 2 is 1.68 bits per heavy atom. The quantitative estimate of drug-likeness (QED) is 0.730. The van der Waals surface area contributed by atoms with Crippen LogP contribution in [0.5, 0.6) is 0 Å². The van der Waals surface area contributed by atoms with Crippen LogP contribution in [0.4, 0.5) is 5.69 Å². The van der Waals surface area contributed by atoms with E-state index in [4.69, 9.17) is 4.74 Å². The van der Waals surface area contributed by atoms with E-state index in [-0.39, 0.29) is 18.4 Å². The van der Waals surface area contributed by atoms with Gasteiger partial charge >= 0.3 is 0 Å². The number of amides is 2. The maximum Gasteiger partial charge on any atom is 0.253 e. The number of rotatable bonds is 5. The largest absolute Gasteiger partial charge is 0.378 e. The molecule has 25 heavy (non-hydrogen) atoms. The third kappa shape index (κ3) is 4.93. The maximum absolute atomic E-state index is 12.4. The molecule has 1 saturated heterocycles. The van der Waals surface area contributed by atoms with Gasteiger partial charge in [-0.15, -0.1) is 0 Å². The van der Waals surface area contributed by atoms with Crippen LogP contribution in [0, 0.1) is 0 Å². The molecule has 0 bridgehead atoms. The fourth-order valence-electron chi connectivity index (χ4n) is 2.46. The average molecular weight is 369 g/mol. The van der Waals surface area contributed by atoms with E-state index in [1.54, 1.807) is 31.1 Å². The molecule has 0 spiro atoms. The lowest BCUT2D eigenvalue weighted by atomic mass is 10.2. The fraction of sp³-hybridized carbons (Fsp3) is 0.500. The number of hydrogen-bond donors (Lipinski definition) is 0. The van der Waals surface area contributed by atoms with Crippen molar-refractivity contribution in [3.05, 3.63) is 29.8 Å². The molecule has 0 N–H and O–H groups in total. The van der Waals surface area contributed by atoms with Gasteiger partial charge in [0.1, 0.15) is 6.54 Å². The first-order valence-corrected chi connectivity index (χ1v) is 9.70. The molecule has 2 rings (SSSR count). The van der Waals surface area contributed by atoms with Crippen LogP contribution in [-0.2, 0) is 19.6 Å². The van der Waals surface area contributed by atoms with Gasteiger partial charge in [0, 0.05) is 32.7 Å². The molecule has 0 aliphatic carbocycles. The number of benzene rings is 1. The molecule has 8 nitrogen and oxygen atoms in total. The minimum Gasteiger partial charge on any atom is -0.378 e. The highest BCUT2D eigenvalue weighted by Gasteiger charge is 2.25. The number of hydrogen-bond acceptors (Lipinski definition) is 5. The van der Waals surface area contributed by atoms with Crippen molar-refractivity contribution in [3.8, 4) is 0 Å². The zero-order valence-corrected chi connectivity index (χ0v) is 15.5. The molecule has 0 radical (unpaired) electrons. The predicted octanol–water partition coefficient (Wildman–Crippen LogP) is 0.0132. The molecular weight excluding hydrogens is 346 g/mol. The molecule has 138 valence electrons. The summed E-state index contributed by atoms with van der Waals surface area (Å²) in [6.07, 6.45) is 1.05. The van der Waals surface area contributed by atoms with Crippen molar-refractivity contribution in [1.29, 1.82) is 0 Å². The minimum absolute atomic E-state index is 0.179. The Morgan fingerprint density at radius 3 is 2.16 bits per heavy atom. The lowest BCUT2D eigenvalue weighted by Gasteiger charge is -2.30.